The first-order chi connectivity index (χ1) is 15.0. The highest BCUT2D eigenvalue weighted by molar-refractivity contribution is 9.10. The van der Waals surface area contributed by atoms with E-state index >= 15 is 4.39 Å². The number of nitrogens with two attached hydrogens (primary N) is 1. The molecule has 0 saturated carbocycles. The fourth-order valence-electron chi connectivity index (χ4n) is 3.32. The van der Waals surface area contributed by atoms with E-state index in [9.17, 15) is 4.79 Å². The number of alkyl halides is 1. The minimum atomic E-state index is -1.21. The summed E-state index contributed by atoms with van der Waals surface area (Å²) in [4.78, 5) is 30.5. The molecule has 0 bridgehead atoms. The summed E-state index contributed by atoms with van der Waals surface area (Å²) in [7, 11) is 0. The summed E-state index contributed by atoms with van der Waals surface area (Å²) in [5, 5.41) is 6.19. The Balaban J connectivity index is 1.49. The van der Waals surface area contributed by atoms with Gasteiger partial charge in [-0.3, -0.25) is 4.79 Å². The Morgan fingerprint density at radius 2 is 1.97 bits per heavy atom. The predicted molar refractivity (Wildman–Crippen MR) is 119 cm³/mol. The highest BCUT2D eigenvalue weighted by atomic mass is 79.9. The van der Waals surface area contributed by atoms with Crippen molar-refractivity contribution in [3.05, 3.63) is 59.1 Å². The summed E-state index contributed by atoms with van der Waals surface area (Å²) >= 11 is 3.29. The van der Waals surface area contributed by atoms with Crippen LogP contribution in [-0.2, 0) is 0 Å². The summed E-state index contributed by atoms with van der Waals surface area (Å²) < 4.78 is 15.8. The minimum absolute atomic E-state index is 0.134. The number of carbonyl (C=O) groups is 1. The Hall–Kier alpha value is -3.34. The van der Waals surface area contributed by atoms with E-state index < -0.39 is 18.1 Å². The molecule has 4 rings (SSSR count). The van der Waals surface area contributed by atoms with Crippen molar-refractivity contribution in [1.29, 1.82) is 0 Å². The van der Waals surface area contributed by atoms with Crippen LogP contribution in [0.25, 0.3) is 0 Å². The topological polar surface area (TPSA) is 122 Å². The molecule has 1 fully saturated rings. The lowest BCUT2D eigenvalue weighted by Crippen LogP contribution is -2.48. The van der Waals surface area contributed by atoms with Crippen molar-refractivity contribution in [2.75, 3.05) is 28.6 Å². The van der Waals surface area contributed by atoms with Gasteiger partial charge in [-0.05, 0) is 34.5 Å². The third-order valence-corrected chi connectivity index (χ3v) is 5.27. The molecule has 0 aromatic carbocycles. The number of rotatable bonds is 6. The molecule has 1 aliphatic rings. The van der Waals surface area contributed by atoms with Crippen LogP contribution in [0, 0.1) is 0 Å². The number of primary amides is 1. The van der Waals surface area contributed by atoms with Gasteiger partial charge >= 0.3 is 0 Å². The quantitative estimate of drug-likeness (QED) is 0.485. The predicted octanol–water partition coefficient (Wildman–Crippen LogP) is 2.90. The Labute approximate surface area is 186 Å². The third-order valence-electron chi connectivity index (χ3n) is 4.86. The number of aromatic nitrogens is 4. The smallest absolute Gasteiger partial charge is 0.252 e. The fourth-order valence-corrected chi connectivity index (χ4v) is 3.53. The molecule has 1 amide bonds. The van der Waals surface area contributed by atoms with E-state index in [0.29, 0.717) is 36.2 Å². The first-order valence-electron chi connectivity index (χ1n) is 9.60. The number of pyridine rings is 2. The summed E-state index contributed by atoms with van der Waals surface area (Å²) in [5.41, 5.74) is 6.10. The Morgan fingerprint density at radius 3 is 2.65 bits per heavy atom. The average Bonchev–Trinajstić information content (AvgIpc) is 2.76. The number of halogens is 2. The van der Waals surface area contributed by atoms with Gasteiger partial charge in [0.05, 0.1) is 28.3 Å². The summed E-state index contributed by atoms with van der Waals surface area (Å²) in [6, 6.07) is 6.55. The summed E-state index contributed by atoms with van der Waals surface area (Å²) in [6.07, 6.45) is 5.56. The maximum absolute atomic E-state index is 15.0. The van der Waals surface area contributed by atoms with Crippen molar-refractivity contribution >= 4 is 45.1 Å². The average molecular weight is 487 g/mol. The molecule has 1 aliphatic heterocycles. The van der Waals surface area contributed by atoms with Gasteiger partial charge in [0.2, 0.25) is 5.95 Å². The molecule has 3 aromatic heterocycles. The molecule has 4 heterocycles. The maximum Gasteiger partial charge on any atom is 0.252 e. The molecule has 1 saturated heterocycles. The molecule has 31 heavy (non-hydrogen) atoms. The van der Waals surface area contributed by atoms with Crippen LogP contribution in [0.5, 0.6) is 0 Å². The van der Waals surface area contributed by atoms with Gasteiger partial charge in [0, 0.05) is 37.4 Å². The van der Waals surface area contributed by atoms with Crippen LogP contribution in [-0.4, -0.2) is 51.1 Å². The van der Waals surface area contributed by atoms with Gasteiger partial charge in [-0.25, -0.2) is 24.3 Å². The van der Waals surface area contributed by atoms with Gasteiger partial charge in [0.15, 0.2) is 0 Å². The van der Waals surface area contributed by atoms with Gasteiger partial charge in [0.25, 0.3) is 5.91 Å². The number of hydrogen-bond acceptors (Lipinski definition) is 8. The molecule has 3 aromatic rings. The molecule has 9 nitrogen and oxygen atoms in total. The number of piperidine rings is 1. The molecular weight excluding hydrogens is 467 g/mol. The van der Waals surface area contributed by atoms with Gasteiger partial charge in [-0.2, -0.15) is 0 Å². The van der Waals surface area contributed by atoms with E-state index in [1.807, 2.05) is 6.07 Å². The molecule has 0 spiro atoms. The number of nitrogens with one attached hydrogen (secondary N) is 2. The number of anilines is 4. The normalized spacial score (nSPS) is 18.5. The van der Waals surface area contributed by atoms with E-state index in [1.165, 1.54) is 6.20 Å². The number of nitrogens with zero attached hydrogens (tertiary/aromatic N) is 5. The minimum Gasteiger partial charge on any atom is -0.378 e. The first-order valence-corrected chi connectivity index (χ1v) is 10.4. The second-order valence-electron chi connectivity index (χ2n) is 7.02. The van der Waals surface area contributed by atoms with Crippen LogP contribution in [0.3, 0.4) is 0 Å². The van der Waals surface area contributed by atoms with Crippen molar-refractivity contribution in [3.63, 3.8) is 0 Å². The standard InChI is InChI=1S/C20H20BrFN8O/c21-12-8-26-20(27-9-12)30-6-4-15(14(22)11-30)28-16-7-18(25-10-13(16)19(23)31)29-17-3-1-2-5-24-17/h1-3,5,7-10,14-15H,4,6,11H2,(H2,23,31)(H2,24,25,28,29)/t14-,15+/m0/s1. The molecule has 4 N–H and O–H groups in total. The molecule has 11 heteroatoms. The van der Waals surface area contributed by atoms with Gasteiger partial charge in [0.1, 0.15) is 17.8 Å². The molecule has 0 unspecified atom stereocenters. The van der Waals surface area contributed by atoms with Crippen molar-refractivity contribution < 1.29 is 9.18 Å². The van der Waals surface area contributed by atoms with Gasteiger partial charge in [-0.15, -0.1) is 0 Å². The van der Waals surface area contributed by atoms with Crippen LogP contribution in [0.15, 0.2) is 53.5 Å². The van der Waals surface area contributed by atoms with E-state index in [1.54, 1.807) is 41.7 Å². The van der Waals surface area contributed by atoms with Crippen LogP contribution in [0.1, 0.15) is 16.8 Å². The van der Waals surface area contributed by atoms with Crippen LogP contribution < -0.4 is 21.3 Å². The molecule has 160 valence electrons. The van der Waals surface area contributed by atoms with E-state index in [4.69, 9.17) is 5.73 Å². The number of hydrogen-bond donors (Lipinski definition) is 3. The lowest BCUT2D eigenvalue weighted by molar-refractivity contribution is 0.100. The van der Waals surface area contributed by atoms with Crippen molar-refractivity contribution in [2.24, 2.45) is 5.73 Å². The second-order valence-corrected chi connectivity index (χ2v) is 7.94. The van der Waals surface area contributed by atoms with Crippen LogP contribution in [0.2, 0.25) is 0 Å². The van der Waals surface area contributed by atoms with E-state index in [2.05, 4.69) is 46.5 Å². The number of amides is 1. The lowest BCUT2D eigenvalue weighted by Gasteiger charge is -2.35. The summed E-state index contributed by atoms with van der Waals surface area (Å²) in [5.74, 6) is 0.893. The van der Waals surface area contributed by atoms with Gasteiger partial charge < -0.3 is 21.3 Å². The largest absolute Gasteiger partial charge is 0.378 e. The first kappa shape index (κ1) is 20.9. The Morgan fingerprint density at radius 1 is 1.16 bits per heavy atom. The molecule has 0 radical (unpaired) electrons. The highest BCUT2D eigenvalue weighted by Gasteiger charge is 2.31. The Kier molecular flexibility index (Phi) is 6.21. The zero-order chi connectivity index (χ0) is 21.8. The van der Waals surface area contributed by atoms with Crippen molar-refractivity contribution in [2.45, 2.75) is 18.6 Å². The third kappa shape index (κ3) is 5.05. The van der Waals surface area contributed by atoms with Crippen molar-refractivity contribution in [1.82, 2.24) is 19.9 Å². The zero-order valence-electron chi connectivity index (χ0n) is 16.4. The maximum atomic E-state index is 15.0. The number of carbonyl (C=O) groups excluding carboxylic acids is 1. The fraction of sp³-hybridized carbons (Fsp3) is 0.250. The SMILES string of the molecule is NC(=O)c1cnc(Nc2ccccn2)cc1N[C@@H]1CCN(c2ncc(Br)cn2)C[C@@H]1F. The van der Waals surface area contributed by atoms with Crippen LogP contribution >= 0.6 is 15.9 Å². The van der Waals surface area contributed by atoms with E-state index in [-0.39, 0.29) is 12.1 Å². The van der Waals surface area contributed by atoms with Gasteiger partial charge in [-0.1, -0.05) is 6.07 Å². The highest BCUT2D eigenvalue weighted by Crippen LogP contribution is 2.26. The second kappa shape index (κ2) is 9.21. The monoisotopic (exact) mass is 486 g/mol. The molecule has 0 aliphatic carbocycles. The van der Waals surface area contributed by atoms with Crippen LogP contribution in [0.4, 0.5) is 27.7 Å². The molecular formula is C20H20BrFN8O. The molecule has 2 atom stereocenters. The van der Waals surface area contributed by atoms with Crippen molar-refractivity contribution in [3.8, 4) is 0 Å². The Bertz CT molecular complexity index is 1050. The van der Waals surface area contributed by atoms with E-state index in [0.717, 1.165) is 4.47 Å². The summed E-state index contributed by atoms with van der Waals surface area (Å²) in [6.45, 7) is 0.699. The zero-order valence-corrected chi connectivity index (χ0v) is 18.0. The lowest BCUT2D eigenvalue weighted by atomic mass is 10.0.